The molecule has 2 aromatic carbocycles. The van der Waals surface area contributed by atoms with Gasteiger partial charge in [0.1, 0.15) is 0 Å². The molecule has 1 N–H and O–H groups in total. The van der Waals surface area contributed by atoms with Crippen LogP contribution in [0.2, 0.25) is 0 Å². The van der Waals surface area contributed by atoms with E-state index in [9.17, 15) is 18.3 Å². The Balaban J connectivity index is 2.21. The second-order valence-corrected chi connectivity index (χ2v) is 8.39. The van der Waals surface area contributed by atoms with Gasteiger partial charge in [-0.05, 0) is 37.0 Å². The van der Waals surface area contributed by atoms with Crippen molar-refractivity contribution >= 4 is 15.8 Å². The topological polar surface area (TPSA) is 89.9 Å². The highest BCUT2D eigenvalue weighted by Crippen LogP contribution is 2.32. The fraction of sp³-hybridized carbons (Fsp3) is 0.350. The van der Waals surface area contributed by atoms with Crippen molar-refractivity contribution in [2.24, 2.45) is 0 Å². The molecule has 146 valence electrons. The van der Waals surface area contributed by atoms with Crippen molar-refractivity contribution in [2.75, 3.05) is 14.2 Å². The summed E-state index contributed by atoms with van der Waals surface area (Å²) in [7, 11) is -0.944. The third-order valence-electron chi connectivity index (χ3n) is 4.36. The second kappa shape index (κ2) is 9.41. The van der Waals surface area contributed by atoms with Gasteiger partial charge in [0.05, 0.1) is 30.8 Å². The van der Waals surface area contributed by atoms with Crippen LogP contribution >= 0.6 is 0 Å². The summed E-state index contributed by atoms with van der Waals surface area (Å²) in [5.41, 5.74) is 1.09. The van der Waals surface area contributed by atoms with E-state index in [0.717, 1.165) is 5.56 Å². The van der Waals surface area contributed by atoms with Crippen molar-refractivity contribution in [3.8, 4) is 11.5 Å². The molecule has 6 nitrogen and oxygen atoms in total. The summed E-state index contributed by atoms with van der Waals surface area (Å²) >= 11 is 0. The van der Waals surface area contributed by atoms with Crippen LogP contribution in [0.25, 0.3) is 0 Å². The van der Waals surface area contributed by atoms with Gasteiger partial charge in [0.15, 0.2) is 21.3 Å². The summed E-state index contributed by atoms with van der Waals surface area (Å²) in [4.78, 5) is 11.3. The van der Waals surface area contributed by atoms with Crippen LogP contribution in [0.4, 0.5) is 0 Å². The number of hydrogen-bond acceptors (Lipinski definition) is 5. The van der Waals surface area contributed by atoms with Crippen LogP contribution in [0.3, 0.4) is 0 Å². The first-order valence-corrected chi connectivity index (χ1v) is 10.1. The van der Waals surface area contributed by atoms with Crippen LogP contribution in [0.5, 0.6) is 11.5 Å². The zero-order chi connectivity index (χ0) is 19.9. The van der Waals surface area contributed by atoms with E-state index < -0.39 is 27.5 Å². The van der Waals surface area contributed by atoms with Crippen LogP contribution < -0.4 is 9.47 Å². The SMILES string of the molecule is COc1ccc(S(=O)(=O)C(CCCc2ccccc2)CC(=O)O)cc1OC. The van der Waals surface area contributed by atoms with Crippen molar-refractivity contribution in [2.45, 2.75) is 35.8 Å². The van der Waals surface area contributed by atoms with E-state index in [0.29, 0.717) is 18.6 Å². The summed E-state index contributed by atoms with van der Waals surface area (Å²) in [6.45, 7) is 0. The lowest BCUT2D eigenvalue weighted by Gasteiger charge is -2.17. The van der Waals surface area contributed by atoms with Gasteiger partial charge >= 0.3 is 5.97 Å². The monoisotopic (exact) mass is 392 g/mol. The quantitative estimate of drug-likeness (QED) is 0.667. The van der Waals surface area contributed by atoms with Crippen LogP contribution in [0, 0.1) is 0 Å². The molecule has 0 radical (unpaired) electrons. The predicted octanol–water partition coefficient (Wildman–Crippen LogP) is 3.34. The highest BCUT2D eigenvalue weighted by atomic mass is 32.2. The van der Waals surface area contributed by atoms with E-state index >= 15 is 0 Å². The number of sulfone groups is 1. The van der Waals surface area contributed by atoms with E-state index in [1.54, 1.807) is 0 Å². The van der Waals surface area contributed by atoms with Gasteiger partial charge < -0.3 is 14.6 Å². The summed E-state index contributed by atoms with van der Waals surface area (Å²) in [6.07, 6.45) is 1.09. The number of methoxy groups -OCH3 is 2. The molecule has 0 aliphatic rings. The zero-order valence-corrected chi connectivity index (χ0v) is 16.2. The van der Waals surface area contributed by atoms with Crippen LogP contribution in [-0.2, 0) is 21.1 Å². The zero-order valence-electron chi connectivity index (χ0n) is 15.4. The van der Waals surface area contributed by atoms with E-state index in [1.165, 1.54) is 32.4 Å². The van der Waals surface area contributed by atoms with Crippen LogP contribution in [0.1, 0.15) is 24.8 Å². The van der Waals surface area contributed by atoms with Gasteiger partial charge in [-0.25, -0.2) is 8.42 Å². The number of carbonyl (C=O) groups is 1. The lowest BCUT2D eigenvalue weighted by molar-refractivity contribution is -0.137. The molecule has 0 aliphatic carbocycles. The average molecular weight is 392 g/mol. The highest BCUT2D eigenvalue weighted by Gasteiger charge is 2.30. The van der Waals surface area contributed by atoms with Crippen molar-refractivity contribution in [3.63, 3.8) is 0 Å². The minimum Gasteiger partial charge on any atom is -0.493 e. The molecular weight excluding hydrogens is 368 g/mol. The molecule has 0 saturated heterocycles. The Labute approximate surface area is 159 Å². The Bertz CT molecular complexity index is 861. The maximum atomic E-state index is 13.0. The number of carboxylic acid groups (broad SMARTS) is 1. The first kappa shape index (κ1) is 20.8. The van der Waals surface area contributed by atoms with E-state index in [4.69, 9.17) is 9.47 Å². The van der Waals surface area contributed by atoms with Gasteiger partial charge in [-0.15, -0.1) is 0 Å². The minimum atomic E-state index is -3.82. The summed E-state index contributed by atoms with van der Waals surface area (Å²) in [5, 5.41) is 8.18. The number of aryl methyl sites for hydroxylation is 1. The molecule has 0 heterocycles. The fourth-order valence-corrected chi connectivity index (χ4v) is 4.68. The van der Waals surface area contributed by atoms with Crippen molar-refractivity contribution < 1.29 is 27.8 Å². The Kier molecular flexibility index (Phi) is 7.24. The molecule has 1 unspecified atom stereocenters. The normalized spacial score (nSPS) is 12.4. The molecule has 2 aromatic rings. The number of rotatable bonds is 10. The van der Waals surface area contributed by atoms with Gasteiger partial charge in [0.2, 0.25) is 0 Å². The molecule has 27 heavy (non-hydrogen) atoms. The predicted molar refractivity (Wildman–Crippen MR) is 102 cm³/mol. The van der Waals surface area contributed by atoms with E-state index in [1.807, 2.05) is 30.3 Å². The fourth-order valence-electron chi connectivity index (χ4n) is 2.93. The third kappa shape index (κ3) is 5.47. The molecule has 0 spiro atoms. The molecule has 0 saturated carbocycles. The summed E-state index contributed by atoms with van der Waals surface area (Å²) < 4.78 is 36.3. The van der Waals surface area contributed by atoms with Gasteiger partial charge in [-0.2, -0.15) is 0 Å². The molecule has 0 amide bonds. The van der Waals surface area contributed by atoms with Crippen molar-refractivity contribution in [3.05, 3.63) is 54.1 Å². The molecule has 0 aromatic heterocycles. The second-order valence-electron chi connectivity index (χ2n) is 6.16. The molecule has 7 heteroatoms. The average Bonchev–Trinajstić information content (AvgIpc) is 2.67. The highest BCUT2D eigenvalue weighted by molar-refractivity contribution is 7.92. The molecular formula is C20H24O6S. The van der Waals surface area contributed by atoms with Gasteiger partial charge in [0, 0.05) is 6.07 Å². The molecule has 0 bridgehead atoms. The number of carboxylic acids is 1. The van der Waals surface area contributed by atoms with Gasteiger partial charge in [-0.1, -0.05) is 30.3 Å². The van der Waals surface area contributed by atoms with Crippen LogP contribution in [-0.4, -0.2) is 39.0 Å². The first-order chi connectivity index (χ1) is 12.9. The number of hydrogen-bond donors (Lipinski definition) is 1. The molecule has 1 atom stereocenters. The molecule has 0 aliphatic heterocycles. The molecule has 2 rings (SSSR count). The van der Waals surface area contributed by atoms with Crippen molar-refractivity contribution in [1.29, 1.82) is 0 Å². The third-order valence-corrected chi connectivity index (χ3v) is 6.55. The standard InChI is InChI=1S/C20H24O6S/c1-25-18-12-11-17(13-19(18)26-2)27(23,24)16(14-20(21)22)10-6-9-15-7-4-3-5-8-15/h3-5,7-8,11-13,16H,6,9-10,14H2,1-2H3,(H,21,22). The smallest absolute Gasteiger partial charge is 0.304 e. The van der Waals surface area contributed by atoms with Gasteiger partial charge in [0.25, 0.3) is 0 Å². The first-order valence-electron chi connectivity index (χ1n) is 8.60. The maximum absolute atomic E-state index is 13.0. The number of aliphatic carboxylic acids is 1. The van der Waals surface area contributed by atoms with Crippen molar-refractivity contribution in [1.82, 2.24) is 0 Å². The molecule has 0 fully saturated rings. The van der Waals surface area contributed by atoms with Crippen LogP contribution in [0.15, 0.2) is 53.4 Å². The number of benzene rings is 2. The lowest BCUT2D eigenvalue weighted by Crippen LogP contribution is -2.25. The minimum absolute atomic E-state index is 0.0334. The largest absolute Gasteiger partial charge is 0.493 e. The Morgan fingerprint density at radius 3 is 2.30 bits per heavy atom. The van der Waals surface area contributed by atoms with E-state index in [2.05, 4.69) is 0 Å². The maximum Gasteiger partial charge on any atom is 0.304 e. The summed E-state index contributed by atoms with van der Waals surface area (Å²) in [6, 6.07) is 14.0. The summed E-state index contributed by atoms with van der Waals surface area (Å²) in [5.74, 6) is -0.434. The van der Waals surface area contributed by atoms with Gasteiger partial charge in [-0.3, -0.25) is 4.79 Å². The Hall–Kier alpha value is -2.54. The Morgan fingerprint density at radius 1 is 1.04 bits per heavy atom. The lowest BCUT2D eigenvalue weighted by atomic mass is 10.1. The Morgan fingerprint density at radius 2 is 1.70 bits per heavy atom. The number of ether oxygens (including phenoxy) is 2. The van der Waals surface area contributed by atoms with E-state index in [-0.39, 0.29) is 17.1 Å².